The van der Waals surface area contributed by atoms with E-state index in [0.29, 0.717) is 16.9 Å². The van der Waals surface area contributed by atoms with Crippen LogP contribution in [0.1, 0.15) is 28.8 Å². The Bertz CT molecular complexity index is 1230. The molecule has 0 spiro atoms. The van der Waals surface area contributed by atoms with E-state index in [1.807, 2.05) is 0 Å². The average molecular weight is 482 g/mol. The Labute approximate surface area is 188 Å². The molecule has 0 radical (unpaired) electrons. The molecule has 3 aromatic rings. The summed E-state index contributed by atoms with van der Waals surface area (Å²) in [6, 6.07) is 6.17. The van der Waals surface area contributed by atoms with E-state index in [2.05, 4.69) is 15.3 Å². The number of fused-ring (bicyclic) bond motifs is 1. The van der Waals surface area contributed by atoms with Crippen LogP contribution in [0, 0.1) is 0 Å². The number of halogens is 3. The van der Waals surface area contributed by atoms with E-state index < -0.39 is 27.8 Å². The summed E-state index contributed by atoms with van der Waals surface area (Å²) in [6.07, 6.45) is 2.31. The van der Waals surface area contributed by atoms with Crippen LogP contribution in [0.25, 0.3) is 5.78 Å². The highest BCUT2D eigenvalue weighted by Crippen LogP contribution is 2.27. The van der Waals surface area contributed by atoms with Gasteiger partial charge in [-0.2, -0.15) is 13.2 Å². The maximum Gasteiger partial charge on any atom is 0.401 e. The number of piperidine rings is 1. The molecule has 1 fully saturated rings. The average Bonchev–Trinajstić information content (AvgIpc) is 3.25. The van der Waals surface area contributed by atoms with Crippen molar-refractivity contribution in [3.63, 3.8) is 0 Å². The Morgan fingerprint density at radius 1 is 1.12 bits per heavy atom. The number of likely N-dealkylation sites (tertiary alicyclic amines) is 1. The van der Waals surface area contributed by atoms with Gasteiger partial charge in [0.15, 0.2) is 9.84 Å². The zero-order chi connectivity index (χ0) is 23.6. The highest BCUT2D eigenvalue weighted by Gasteiger charge is 2.36. The number of carbonyl (C=O) groups excluding carboxylic acids is 1. The number of benzene rings is 1. The Morgan fingerprint density at radius 2 is 1.82 bits per heavy atom. The number of carbonyl (C=O) groups is 1. The smallest absolute Gasteiger partial charge is 0.348 e. The van der Waals surface area contributed by atoms with Gasteiger partial charge >= 0.3 is 6.18 Å². The number of amides is 1. The standard InChI is InChI=1S/C21H22F3N5O3S/c22-21(23,24)14-28-8-5-18(6-9-28)33(31,32)17-3-1-15(2-4-17)11-26-19(30)16-12-27-20-25-7-10-29(20)13-16/h1-4,7,10,12-13,18H,5-6,8-9,11,14H2,(H,26,30). The van der Waals surface area contributed by atoms with Crippen LogP contribution >= 0.6 is 0 Å². The molecule has 3 heterocycles. The molecule has 1 N–H and O–H groups in total. The number of aromatic nitrogens is 3. The lowest BCUT2D eigenvalue weighted by atomic mass is 10.1. The zero-order valence-corrected chi connectivity index (χ0v) is 18.3. The summed E-state index contributed by atoms with van der Waals surface area (Å²) in [5, 5.41) is 2.05. The van der Waals surface area contributed by atoms with Crippen LogP contribution in [0.15, 0.2) is 53.9 Å². The van der Waals surface area contributed by atoms with Crippen LogP contribution in [0.5, 0.6) is 0 Å². The molecule has 1 saturated heterocycles. The van der Waals surface area contributed by atoms with Gasteiger partial charge in [-0.15, -0.1) is 0 Å². The third-order valence-electron chi connectivity index (χ3n) is 5.59. The fraction of sp³-hybridized carbons (Fsp3) is 0.381. The van der Waals surface area contributed by atoms with Gasteiger partial charge < -0.3 is 5.32 Å². The monoisotopic (exact) mass is 481 g/mol. The third kappa shape index (κ3) is 5.50. The molecule has 4 rings (SSSR count). The topological polar surface area (TPSA) is 96.7 Å². The third-order valence-corrected chi connectivity index (χ3v) is 7.87. The number of nitrogens with one attached hydrogen (secondary N) is 1. The molecule has 33 heavy (non-hydrogen) atoms. The van der Waals surface area contributed by atoms with Crippen molar-refractivity contribution in [3.05, 3.63) is 60.2 Å². The second kappa shape index (κ2) is 9.10. The number of hydrogen-bond acceptors (Lipinski definition) is 6. The van der Waals surface area contributed by atoms with Crippen molar-refractivity contribution in [2.24, 2.45) is 0 Å². The number of hydrogen-bond donors (Lipinski definition) is 1. The van der Waals surface area contributed by atoms with E-state index in [1.54, 1.807) is 35.1 Å². The molecule has 1 amide bonds. The normalized spacial score (nSPS) is 16.2. The highest BCUT2D eigenvalue weighted by atomic mass is 32.2. The van der Waals surface area contributed by atoms with Gasteiger partial charge in [0.1, 0.15) is 0 Å². The molecule has 12 heteroatoms. The van der Waals surface area contributed by atoms with Gasteiger partial charge in [-0.3, -0.25) is 14.1 Å². The summed E-state index contributed by atoms with van der Waals surface area (Å²) < 4.78 is 65.0. The Hall–Kier alpha value is -2.99. The van der Waals surface area contributed by atoms with Crippen LogP contribution in [-0.2, 0) is 16.4 Å². The predicted octanol–water partition coefficient (Wildman–Crippen LogP) is 2.46. The number of alkyl halides is 3. The second-order valence-electron chi connectivity index (χ2n) is 7.94. The van der Waals surface area contributed by atoms with E-state index in [1.165, 1.54) is 23.2 Å². The molecule has 0 atom stereocenters. The summed E-state index contributed by atoms with van der Waals surface area (Å²) in [5.41, 5.74) is 1.07. The van der Waals surface area contributed by atoms with Gasteiger partial charge in [0.05, 0.1) is 22.3 Å². The number of imidazole rings is 1. The lowest BCUT2D eigenvalue weighted by Gasteiger charge is -2.32. The molecular formula is C21H22F3N5O3S. The molecule has 1 aliphatic rings. The summed E-state index contributed by atoms with van der Waals surface area (Å²) in [7, 11) is -3.65. The fourth-order valence-electron chi connectivity index (χ4n) is 3.84. The first-order chi connectivity index (χ1) is 15.6. The molecule has 8 nitrogen and oxygen atoms in total. The molecule has 1 aliphatic heterocycles. The van der Waals surface area contributed by atoms with Crippen LogP contribution < -0.4 is 5.32 Å². The molecule has 176 valence electrons. The first kappa shape index (κ1) is 23.2. The van der Waals surface area contributed by atoms with Crippen molar-refractivity contribution in [3.8, 4) is 0 Å². The summed E-state index contributed by atoms with van der Waals surface area (Å²) in [6.45, 7) is -0.649. The van der Waals surface area contributed by atoms with Crippen LogP contribution in [0.2, 0.25) is 0 Å². The van der Waals surface area contributed by atoms with Crippen molar-refractivity contribution < 1.29 is 26.4 Å². The van der Waals surface area contributed by atoms with Gasteiger partial charge in [-0.1, -0.05) is 12.1 Å². The first-order valence-electron chi connectivity index (χ1n) is 10.3. The SMILES string of the molecule is O=C(NCc1ccc(S(=O)(=O)C2CCN(CC(F)(F)F)CC2)cc1)c1cnc2nccn2c1. The van der Waals surface area contributed by atoms with Crippen LogP contribution in [0.4, 0.5) is 13.2 Å². The minimum atomic E-state index is -4.29. The summed E-state index contributed by atoms with van der Waals surface area (Å²) in [4.78, 5) is 21.8. The summed E-state index contributed by atoms with van der Waals surface area (Å²) >= 11 is 0. The Morgan fingerprint density at radius 3 is 2.48 bits per heavy atom. The van der Waals surface area contributed by atoms with E-state index in [4.69, 9.17) is 0 Å². The fourth-order valence-corrected chi connectivity index (χ4v) is 5.57. The van der Waals surface area contributed by atoms with Gasteiger partial charge in [-0.05, 0) is 43.6 Å². The van der Waals surface area contributed by atoms with Gasteiger partial charge in [0.2, 0.25) is 5.78 Å². The predicted molar refractivity (Wildman–Crippen MR) is 113 cm³/mol. The first-order valence-corrected chi connectivity index (χ1v) is 11.9. The van der Waals surface area contributed by atoms with Gasteiger partial charge in [0, 0.05) is 31.3 Å². The van der Waals surface area contributed by atoms with E-state index in [-0.39, 0.29) is 43.3 Å². The lowest BCUT2D eigenvalue weighted by Crippen LogP contribution is -2.43. The van der Waals surface area contributed by atoms with Crippen molar-refractivity contribution in [1.82, 2.24) is 24.6 Å². The number of sulfone groups is 1. The Kier molecular flexibility index (Phi) is 6.39. The molecule has 2 aromatic heterocycles. The van der Waals surface area contributed by atoms with Crippen molar-refractivity contribution in [2.75, 3.05) is 19.6 Å². The molecule has 0 aliphatic carbocycles. The van der Waals surface area contributed by atoms with Crippen LogP contribution in [-0.4, -0.2) is 64.7 Å². The van der Waals surface area contributed by atoms with E-state index >= 15 is 0 Å². The van der Waals surface area contributed by atoms with E-state index in [9.17, 15) is 26.4 Å². The molecule has 0 bridgehead atoms. The van der Waals surface area contributed by atoms with Crippen LogP contribution in [0.3, 0.4) is 0 Å². The Balaban J connectivity index is 1.34. The van der Waals surface area contributed by atoms with E-state index in [0.717, 1.165) is 0 Å². The minimum Gasteiger partial charge on any atom is -0.348 e. The second-order valence-corrected chi connectivity index (χ2v) is 10.2. The largest absolute Gasteiger partial charge is 0.401 e. The quantitative estimate of drug-likeness (QED) is 0.581. The van der Waals surface area contributed by atoms with Gasteiger partial charge in [-0.25, -0.2) is 18.4 Å². The lowest BCUT2D eigenvalue weighted by molar-refractivity contribution is -0.147. The zero-order valence-electron chi connectivity index (χ0n) is 17.5. The highest BCUT2D eigenvalue weighted by molar-refractivity contribution is 7.92. The summed E-state index contributed by atoms with van der Waals surface area (Å²) in [5.74, 6) is 0.148. The number of nitrogens with zero attached hydrogens (tertiary/aromatic N) is 4. The molecule has 1 aromatic carbocycles. The molecule has 0 unspecified atom stereocenters. The molecule has 0 saturated carbocycles. The van der Waals surface area contributed by atoms with Crippen molar-refractivity contribution in [1.29, 1.82) is 0 Å². The number of rotatable bonds is 6. The van der Waals surface area contributed by atoms with Gasteiger partial charge in [0.25, 0.3) is 5.91 Å². The maximum atomic E-state index is 12.9. The molecular weight excluding hydrogens is 459 g/mol. The van der Waals surface area contributed by atoms with Crippen molar-refractivity contribution in [2.45, 2.75) is 35.7 Å². The minimum absolute atomic E-state index is 0.0905. The van der Waals surface area contributed by atoms with Crippen molar-refractivity contribution >= 4 is 21.5 Å². The maximum absolute atomic E-state index is 12.9.